The van der Waals surface area contributed by atoms with Crippen molar-refractivity contribution in [3.63, 3.8) is 0 Å². The monoisotopic (exact) mass is 984 g/mol. The number of rotatable bonds is 9. The van der Waals surface area contributed by atoms with E-state index in [1.54, 1.807) is 24.5 Å². The first-order valence-electron chi connectivity index (χ1n) is 18.3. The molecule has 0 bridgehead atoms. The third-order valence-electron chi connectivity index (χ3n) is 10.4. The Kier molecular flexibility index (Phi) is 14.0. The van der Waals surface area contributed by atoms with Crippen LogP contribution in [0.15, 0.2) is 73.2 Å². The third-order valence-corrected chi connectivity index (χ3v) is 10.4. The highest BCUT2D eigenvalue weighted by atomic mass is 19.2. The summed E-state index contributed by atoms with van der Waals surface area (Å²) in [5, 5.41) is 9.36. The molecule has 0 saturated carbocycles. The normalized spacial score (nSPS) is 11.5. The molecule has 0 spiro atoms. The Balaban J connectivity index is 0.000000276. The maximum atomic E-state index is 15.4. The van der Waals surface area contributed by atoms with E-state index in [0.29, 0.717) is 12.0 Å². The molecule has 354 valence electrons. The maximum Gasteiger partial charge on any atom is 0.227 e. The first-order chi connectivity index (χ1) is 31.9. The quantitative estimate of drug-likeness (QED) is 0.0395. The van der Waals surface area contributed by atoms with Gasteiger partial charge >= 0.3 is 0 Å². The lowest BCUT2D eigenvalue weighted by Gasteiger charge is -2.44. The number of phenols is 1. The second-order valence-corrected chi connectivity index (χ2v) is 14.1. The van der Waals surface area contributed by atoms with Crippen molar-refractivity contribution in [3.05, 3.63) is 206 Å². The fourth-order valence-corrected chi connectivity index (χ4v) is 7.29. The average Bonchev–Trinajstić information content (AvgIpc) is 3.33. The number of aromatic nitrogens is 2. The first-order valence-corrected chi connectivity index (χ1v) is 18.3. The number of hydrogen-bond donors (Lipinski definition) is 1. The van der Waals surface area contributed by atoms with Crippen LogP contribution in [0.3, 0.4) is 0 Å². The van der Waals surface area contributed by atoms with Crippen LogP contribution in [0.2, 0.25) is 0 Å². The van der Waals surface area contributed by atoms with Gasteiger partial charge in [0, 0.05) is 5.56 Å². The number of hydrogen-bond acceptors (Lipinski definition) is 3. The zero-order valence-corrected chi connectivity index (χ0v) is 32.7. The zero-order valence-electron chi connectivity index (χ0n) is 32.7. The fourth-order valence-electron chi connectivity index (χ4n) is 7.29. The highest BCUT2D eigenvalue weighted by molar-refractivity contribution is 7.20. The molecule has 4 nitrogen and oxygen atoms in total. The van der Waals surface area contributed by atoms with Gasteiger partial charge in [0.25, 0.3) is 0 Å². The molecule has 0 fully saturated rings. The Hall–Kier alpha value is -7.47. The highest BCUT2D eigenvalue weighted by Crippen LogP contribution is 2.31. The molecule has 0 atom stereocenters. The Morgan fingerprint density at radius 2 is 0.750 bits per heavy atom. The van der Waals surface area contributed by atoms with Crippen molar-refractivity contribution in [2.45, 2.75) is 13.0 Å². The number of carbonyl (C=O) groups excluding carboxylic acids is 1. The molecule has 1 heterocycles. The molecular formula is C43H17BF20N2O2. The molecule has 1 aromatic heterocycles. The molecule has 25 heteroatoms. The topological polar surface area (TPSA) is 54.1 Å². The molecule has 68 heavy (non-hydrogen) atoms. The highest BCUT2D eigenvalue weighted by Gasteiger charge is 2.52. The molecule has 0 unspecified atom stereocenters. The molecule has 0 aliphatic rings. The van der Waals surface area contributed by atoms with Gasteiger partial charge in [-0.15, -0.1) is 21.9 Å². The predicted octanol–water partition coefficient (Wildman–Crippen LogP) is 8.39. The number of nitrogens with zero attached hydrogens (tertiary/aromatic N) is 2. The van der Waals surface area contributed by atoms with Gasteiger partial charge in [0.05, 0.1) is 18.8 Å². The summed E-state index contributed by atoms with van der Waals surface area (Å²) in [6.45, 7) is 0.278. The number of Topliss-reactive ketones (excluding diaryl/α,β-unsaturated/α-hetero) is 1. The first kappa shape index (κ1) is 50.0. The van der Waals surface area contributed by atoms with Gasteiger partial charge in [-0.25, -0.2) is 87.8 Å². The molecule has 0 radical (unpaired) electrons. The Morgan fingerprint density at radius 3 is 1.07 bits per heavy atom. The molecule has 1 N–H and O–H groups in total. The van der Waals surface area contributed by atoms with Gasteiger partial charge in [-0.1, -0.05) is 42.5 Å². The predicted molar refractivity (Wildman–Crippen MR) is 195 cm³/mol. The minimum absolute atomic E-state index is 0.0637. The smallest absolute Gasteiger partial charge is 0.227 e. The average molecular weight is 984 g/mol. The molecule has 0 amide bonds. The summed E-state index contributed by atoms with van der Waals surface area (Å²) in [6, 6.07) is 16.3. The van der Waals surface area contributed by atoms with E-state index in [2.05, 4.69) is 4.98 Å². The van der Waals surface area contributed by atoms with Crippen LogP contribution in [0.25, 0.3) is 0 Å². The molecule has 7 rings (SSSR count). The third kappa shape index (κ3) is 8.22. The maximum absolute atomic E-state index is 15.4. The number of carbonyl (C=O) groups is 1. The SMILES string of the molecule is Fc1c(F)c(F)c([B-](c2c(F)c(F)c(F)c(F)c2F)(c2c(F)c(F)c(F)c(F)c2F)c2c(F)c(F)c(F)c(F)c2F)c(F)c1F.O=C(C[n+]1ccncc1Cc1ccc(O)cc1)c1ccccc1. The van der Waals surface area contributed by atoms with Gasteiger partial charge in [0.1, 0.15) is 58.4 Å². The molecule has 7 aromatic rings. The van der Waals surface area contributed by atoms with Gasteiger partial charge in [-0.2, -0.15) is 4.57 Å². The summed E-state index contributed by atoms with van der Waals surface area (Å²) in [5.74, 6) is -71.1. The number of halogens is 20. The van der Waals surface area contributed by atoms with Crippen LogP contribution in [0.1, 0.15) is 21.6 Å². The second kappa shape index (κ2) is 19.0. The van der Waals surface area contributed by atoms with Crippen LogP contribution in [0.4, 0.5) is 87.8 Å². The van der Waals surface area contributed by atoms with E-state index >= 15 is 35.1 Å². The molecule has 6 aromatic carbocycles. The van der Waals surface area contributed by atoms with Crippen molar-refractivity contribution in [1.29, 1.82) is 0 Å². The van der Waals surface area contributed by atoms with Crippen LogP contribution in [-0.2, 0) is 13.0 Å². The van der Waals surface area contributed by atoms with E-state index in [-0.39, 0.29) is 18.1 Å². The molecule has 0 aliphatic heterocycles. The van der Waals surface area contributed by atoms with Crippen molar-refractivity contribution in [2.75, 3.05) is 0 Å². The number of ketones is 1. The minimum Gasteiger partial charge on any atom is -0.508 e. The lowest BCUT2D eigenvalue weighted by atomic mass is 9.12. The van der Waals surface area contributed by atoms with E-state index in [4.69, 9.17) is 0 Å². The molecular weight excluding hydrogens is 967 g/mol. The summed E-state index contributed by atoms with van der Waals surface area (Å²) in [5.41, 5.74) is -11.6. The van der Waals surface area contributed by atoms with Gasteiger partial charge in [0.15, 0.2) is 76.0 Å². The van der Waals surface area contributed by atoms with Crippen molar-refractivity contribution >= 4 is 33.8 Å². The lowest BCUT2D eigenvalue weighted by molar-refractivity contribution is -0.690. The Labute approximate surface area is 365 Å². The van der Waals surface area contributed by atoms with Crippen molar-refractivity contribution in [2.24, 2.45) is 0 Å². The summed E-state index contributed by atoms with van der Waals surface area (Å²) in [6.07, 6.45) is -1.30. The van der Waals surface area contributed by atoms with Crippen molar-refractivity contribution in [3.8, 4) is 5.75 Å². The minimum atomic E-state index is -7.22. The Bertz CT molecular complexity index is 2780. The number of benzene rings is 6. The summed E-state index contributed by atoms with van der Waals surface area (Å²) < 4.78 is 296. The summed E-state index contributed by atoms with van der Waals surface area (Å²) in [7, 11) is 0. The second-order valence-electron chi connectivity index (χ2n) is 14.1. The molecule has 0 aliphatic carbocycles. The number of aromatic hydroxyl groups is 1. The van der Waals surface area contributed by atoms with E-state index in [1.165, 1.54) is 0 Å². The van der Waals surface area contributed by atoms with Crippen LogP contribution >= 0.6 is 0 Å². The summed E-state index contributed by atoms with van der Waals surface area (Å²) in [4.78, 5) is 16.5. The van der Waals surface area contributed by atoms with Gasteiger partial charge in [0.2, 0.25) is 18.0 Å². The van der Waals surface area contributed by atoms with E-state index in [0.717, 1.165) is 11.3 Å². The van der Waals surface area contributed by atoms with Gasteiger partial charge in [-0.3, -0.25) is 9.78 Å². The molecule has 0 saturated heterocycles. The van der Waals surface area contributed by atoms with Crippen molar-refractivity contribution < 1.29 is 102 Å². The van der Waals surface area contributed by atoms with Gasteiger partial charge < -0.3 is 5.11 Å². The lowest BCUT2D eigenvalue weighted by Crippen LogP contribution is -2.81. The van der Waals surface area contributed by atoms with E-state index in [1.807, 2.05) is 53.2 Å². The van der Waals surface area contributed by atoms with Crippen LogP contribution in [-0.4, -0.2) is 22.0 Å². The van der Waals surface area contributed by atoms with Crippen LogP contribution in [0.5, 0.6) is 5.75 Å². The fraction of sp³-hybridized carbons (Fsp3) is 0.0465. The summed E-state index contributed by atoms with van der Waals surface area (Å²) >= 11 is 0. The Morgan fingerprint density at radius 1 is 0.441 bits per heavy atom. The van der Waals surface area contributed by atoms with E-state index in [9.17, 15) is 62.6 Å². The van der Waals surface area contributed by atoms with Crippen LogP contribution < -0.4 is 26.4 Å². The van der Waals surface area contributed by atoms with Gasteiger partial charge in [-0.05, 0) is 17.7 Å². The largest absolute Gasteiger partial charge is 0.508 e. The zero-order chi connectivity index (χ0) is 50.4. The van der Waals surface area contributed by atoms with E-state index < -0.39 is 144 Å². The standard InChI is InChI=1S/C24BF20.C19H16N2O2/c26-5-1(6(27)14(35)21(42)13(5)34)25(2-7(28)15(36)22(43)16(37)8(2)29,3-9(30)17(38)23(44)18(39)10(3)31)4-11(32)19(40)24(45)20(41)12(4)33;22-18-8-6-15(7-9-18)12-17-13-20-10-11-21(17)14-19(23)16-4-2-1-3-5-16/h;1-11,13H,12,14H2/q-1;/p+1. The number of phenolic OH excluding ortho intramolecular Hbond substituents is 1. The van der Waals surface area contributed by atoms with Crippen molar-refractivity contribution in [1.82, 2.24) is 4.98 Å². The van der Waals surface area contributed by atoms with Crippen LogP contribution in [0, 0.1) is 116 Å².